The van der Waals surface area contributed by atoms with Crippen LogP contribution in [0.15, 0.2) is 85.2 Å². The molecule has 1 N–H and O–H groups in total. The third-order valence-electron chi connectivity index (χ3n) is 6.13. The Labute approximate surface area is 187 Å². The Morgan fingerprint density at radius 1 is 1.00 bits per heavy atom. The summed E-state index contributed by atoms with van der Waals surface area (Å²) in [6.45, 7) is 0.620. The number of halogens is 2. The Morgan fingerprint density at radius 2 is 1.66 bits per heavy atom. The molecule has 1 heterocycles. The van der Waals surface area contributed by atoms with Crippen LogP contribution in [0.3, 0.4) is 0 Å². The van der Waals surface area contributed by atoms with Crippen LogP contribution >= 0.6 is 0 Å². The smallest absolute Gasteiger partial charge is 0.243 e. The number of hydrogen-bond acceptors (Lipinski definition) is 2. The van der Waals surface area contributed by atoms with Crippen LogP contribution in [-0.2, 0) is 16.6 Å². The molecule has 1 aromatic heterocycles. The lowest BCUT2D eigenvalue weighted by Crippen LogP contribution is -2.22. The van der Waals surface area contributed by atoms with Crippen molar-refractivity contribution >= 4 is 5.91 Å². The summed E-state index contributed by atoms with van der Waals surface area (Å²) in [6, 6.07) is 16.8. The van der Waals surface area contributed by atoms with Crippen molar-refractivity contribution in [1.82, 2.24) is 10.3 Å². The highest BCUT2D eigenvalue weighted by Gasteiger charge is 2.55. The molecule has 0 aliphatic heterocycles. The van der Waals surface area contributed by atoms with Gasteiger partial charge in [-0.3, -0.25) is 9.78 Å². The summed E-state index contributed by atoms with van der Waals surface area (Å²) in [7, 11) is 0. The lowest BCUT2D eigenvalue weighted by molar-refractivity contribution is -0.116. The Balaban J connectivity index is 1.33. The molecule has 3 aromatic rings. The third-order valence-corrected chi connectivity index (χ3v) is 6.13. The van der Waals surface area contributed by atoms with Crippen molar-refractivity contribution in [2.75, 3.05) is 6.54 Å². The molecule has 0 bridgehead atoms. The van der Waals surface area contributed by atoms with E-state index in [4.69, 9.17) is 0 Å². The van der Waals surface area contributed by atoms with E-state index in [-0.39, 0.29) is 28.9 Å². The molecular weight excluding hydrogens is 406 g/mol. The van der Waals surface area contributed by atoms with E-state index >= 15 is 0 Å². The number of rotatable bonds is 9. The molecule has 2 aromatic carbocycles. The number of carbonyl (C=O) groups excluding carboxylic acids is 1. The van der Waals surface area contributed by atoms with Gasteiger partial charge in [-0.15, -0.1) is 0 Å². The lowest BCUT2D eigenvalue weighted by Gasteiger charge is -2.18. The van der Waals surface area contributed by atoms with Crippen LogP contribution < -0.4 is 5.32 Å². The van der Waals surface area contributed by atoms with Gasteiger partial charge in [0.1, 0.15) is 11.6 Å². The zero-order valence-electron chi connectivity index (χ0n) is 17.8. The topological polar surface area (TPSA) is 42.0 Å². The molecule has 0 radical (unpaired) electrons. The Hall–Kier alpha value is -3.34. The summed E-state index contributed by atoms with van der Waals surface area (Å²) >= 11 is 0. The summed E-state index contributed by atoms with van der Waals surface area (Å²) in [5, 5.41) is 2.93. The Bertz CT molecular complexity index is 1020. The highest BCUT2D eigenvalue weighted by molar-refractivity contribution is 5.87. The number of pyridine rings is 1. The number of carbonyl (C=O) groups is 1. The van der Waals surface area contributed by atoms with Crippen molar-refractivity contribution in [3.05, 3.63) is 114 Å². The Kier molecular flexibility index (Phi) is 6.74. The van der Waals surface area contributed by atoms with Crippen molar-refractivity contribution in [3.63, 3.8) is 0 Å². The second-order valence-electron chi connectivity index (χ2n) is 8.26. The molecular formula is C27H26F2N2O. The number of nitrogens with zero attached hydrogens (tertiary/aromatic N) is 1. The first-order valence-electron chi connectivity index (χ1n) is 10.9. The minimum atomic E-state index is -0.359. The van der Waals surface area contributed by atoms with E-state index in [0.29, 0.717) is 6.54 Å². The van der Waals surface area contributed by atoms with E-state index in [0.717, 1.165) is 36.8 Å². The van der Waals surface area contributed by atoms with Crippen LogP contribution in [0.4, 0.5) is 8.78 Å². The van der Waals surface area contributed by atoms with Crippen molar-refractivity contribution in [3.8, 4) is 0 Å². The van der Waals surface area contributed by atoms with Crippen molar-refractivity contribution < 1.29 is 13.6 Å². The van der Waals surface area contributed by atoms with Gasteiger partial charge in [-0.25, -0.2) is 8.78 Å². The second-order valence-corrected chi connectivity index (χ2v) is 8.26. The SMILES string of the molecule is O=C(C=C[C@@H]1CC1(c1ccc(F)cc1)c1ccc(F)cc1)NCCCCc1cccnc1. The number of allylic oxidation sites excluding steroid dienone is 1. The van der Waals surface area contributed by atoms with Crippen LogP contribution in [0, 0.1) is 17.6 Å². The molecule has 5 heteroatoms. The van der Waals surface area contributed by atoms with Crippen LogP contribution in [0.1, 0.15) is 36.0 Å². The first-order chi connectivity index (χ1) is 15.6. The minimum Gasteiger partial charge on any atom is -0.353 e. The molecule has 1 saturated carbocycles. The molecule has 0 unspecified atom stereocenters. The predicted octanol–water partition coefficient (Wildman–Crippen LogP) is 5.36. The van der Waals surface area contributed by atoms with Crippen molar-refractivity contribution in [2.45, 2.75) is 31.1 Å². The molecule has 32 heavy (non-hydrogen) atoms. The number of aryl methyl sites for hydroxylation is 1. The monoisotopic (exact) mass is 432 g/mol. The normalized spacial score (nSPS) is 16.8. The van der Waals surface area contributed by atoms with E-state index in [1.165, 1.54) is 29.8 Å². The molecule has 1 aliphatic rings. The molecule has 0 spiro atoms. The molecule has 3 nitrogen and oxygen atoms in total. The zero-order chi connectivity index (χ0) is 22.4. The molecule has 1 amide bonds. The van der Waals surface area contributed by atoms with Gasteiger partial charge < -0.3 is 5.32 Å². The predicted molar refractivity (Wildman–Crippen MR) is 121 cm³/mol. The van der Waals surface area contributed by atoms with E-state index in [1.807, 2.05) is 18.3 Å². The average molecular weight is 433 g/mol. The maximum Gasteiger partial charge on any atom is 0.243 e. The number of hydrogen-bond donors (Lipinski definition) is 1. The van der Waals surface area contributed by atoms with Gasteiger partial charge in [0.05, 0.1) is 0 Å². The van der Waals surface area contributed by atoms with Gasteiger partial charge in [0, 0.05) is 24.4 Å². The fraction of sp³-hybridized carbons (Fsp3) is 0.259. The minimum absolute atomic E-state index is 0.0924. The van der Waals surface area contributed by atoms with Gasteiger partial charge in [-0.1, -0.05) is 36.4 Å². The Morgan fingerprint density at radius 3 is 2.25 bits per heavy atom. The highest BCUT2D eigenvalue weighted by atomic mass is 19.1. The van der Waals surface area contributed by atoms with Crippen LogP contribution in [0.25, 0.3) is 0 Å². The number of unbranched alkanes of at least 4 members (excludes halogenated alkanes) is 1. The molecule has 1 aliphatic carbocycles. The standard InChI is InChI=1S/C27H26F2N2O/c28-24-11-6-21(7-12-24)27(22-8-13-25(29)14-9-22)18-23(27)10-15-26(32)31-17-2-1-4-20-5-3-16-30-19-20/h3,5-16,19,23H,1-2,4,17-18H2,(H,31,32)/t23-/m1/s1. The summed E-state index contributed by atoms with van der Waals surface area (Å²) in [5.74, 6) is -0.613. The van der Waals surface area contributed by atoms with Crippen LogP contribution in [-0.4, -0.2) is 17.4 Å². The van der Waals surface area contributed by atoms with Crippen molar-refractivity contribution in [1.29, 1.82) is 0 Å². The lowest BCUT2D eigenvalue weighted by atomic mass is 9.85. The molecule has 1 fully saturated rings. The summed E-state index contributed by atoms with van der Waals surface area (Å²) in [5.41, 5.74) is 2.78. The molecule has 1 atom stereocenters. The quantitative estimate of drug-likeness (QED) is 0.365. The maximum atomic E-state index is 13.5. The number of amides is 1. The number of aromatic nitrogens is 1. The summed E-state index contributed by atoms with van der Waals surface area (Å²) in [4.78, 5) is 16.4. The van der Waals surface area contributed by atoms with E-state index in [9.17, 15) is 13.6 Å². The van der Waals surface area contributed by atoms with E-state index in [1.54, 1.807) is 36.5 Å². The second kappa shape index (κ2) is 9.86. The zero-order valence-corrected chi connectivity index (χ0v) is 17.8. The largest absolute Gasteiger partial charge is 0.353 e. The van der Waals surface area contributed by atoms with Gasteiger partial charge in [0.25, 0.3) is 0 Å². The average Bonchev–Trinajstić information content (AvgIpc) is 3.54. The fourth-order valence-corrected chi connectivity index (χ4v) is 4.32. The van der Waals surface area contributed by atoms with E-state index < -0.39 is 0 Å². The van der Waals surface area contributed by atoms with Gasteiger partial charge in [0.15, 0.2) is 0 Å². The van der Waals surface area contributed by atoms with Gasteiger partial charge >= 0.3 is 0 Å². The summed E-state index contributed by atoms with van der Waals surface area (Å²) < 4.78 is 26.9. The first-order valence-corrected chi connectivity index (χ1v) is 10.9. The van der Waals surface area contributed by atoms with Crippen molar-refractivity contribution in [2.24, 2.45) is 5.92 Å². The molecule has 4 rings (SSSR count). The van der Waals surface area contributed by atoms with Crippen LogP contribution in [0.5, 0.6) is 0 Å². The highest BCUT2D eigenvalue weighted by Crippen LogP contribution is 2.59. The molecule has 164 valence electrons. The van der Waals surface area contributed by atoms with Gasteiger partial charge in [-0.05, 0) is 84.7 Å². The van der Waals surface area contributed by atoms with Crippen LogP contribution in [0.2, 0.25) is 0 Å². The van der Waals surface area contributed by atoms with Gasteiger partial charge in [-0.2, -0.15) is 0 Å². The third kappa shape index (κ3) is 5.10. The summed E-state index contributed by atoms with van der Waals surface area (Å²) in [6.07, 6.45) is 10.7. The molecule has 0 saturated heterocycles. The van der Waals surface area contributed by atoms with E-state index in [2.05, 4.69) is 16.4 Å². The number of benzene rings is 2. The maximum absolute atomic E-state index is 13.5. The first kappa shape index (κ1) is 21.9. The number of nitrogens with one attached hydrogen (secondary N) is 1. The fourth-order valence-electron chi connectivity index (χ4n) is 4.32. The van der Waals surface area contributed by atoms with Gasteiger partial charge in [0.2, 0.25) is 5.91 Å².